The SMILES string of the molecule is c1ccc(-c2ccc(-c3nc(-n4c5ccccc5c5c6c7ccccc7sc6c6ccccc6c54)nc4oc5ccccc5c34)c3ccccc23)cc1. The Bertz CT molecular complexity index is 3460. The minimum atomic E-state index is 0.569. The molecule has 0 saturated carbocycles. The van der Waals surface area contributed by atoms with Crippen LogP contribution in [0.4, 0.5) is 0 Å². The number of thiophene rings is 1. The van der Waals surface area contributed by atoms with E-state index in [1.165, 1.54) is 58.2 Å². The molecular formula is C48H27N3OS. The van der Waals surface area contributed by atoms with Crippen molar-refractivity contribution in [3.63, 3.8) is 0 Å². The predicted molar refractivity (Wildman–Crippen MR) is 222 cm³/mol. The van der Waals surface area contributed by atoms with E-state index in [-0.39, 0.29) is 0 Å². The molecule has 0 saturated heterocycles. The fourth-order valence-electron chi connectivity index (χ4n) is 8.61. The lowest BCUT2D eigenvalue weighted by atomic mass is 9.93. The van der Waals surface area contributed by atoms with E-state index in [0.29, 0.717) is 11.7 Å². The molecule has 4 nitrogen and oxygen atoms in total. The second kappa shape index (κ2) is 10.8. The average molecular weight is 694 g/mol. The molecule has 5 heteroatoms. The molecule has 0 unspecified atom stereocenters. The summed E-state index contributed by atoms with van der Waals surface area (Å²) in [6, 6.07) is 58.1. The van der Waals surface area contributed by atoms with Gasteiger partial charge in [-0.25, -0.2) is 4.98 Å². The van der Waals surface area contributed by atoms with Gasteiger partial charge in [-0.2, -0.15) is 4.98 Å². The van der Waals surface area contributed by atoms with Crippen LogP contribution in [0.25, 0.3) is 114 Å². The van der Waals surface area contributed by atoms with Crippen LogP contribution in [0.15, 0.2) is 168 Å². The van der Waals surface area contributed by atoms with Crippen molar-refractivity contribution < 1.29 is 4.42 Å². The van der Waals surface area contributed by atoms with Gasteiger partial charge in [-0.1, -0.05) is 146 Å². The predicted octanol–water partition coefficient (Wildman–Crippen LogP) is 13.5. The highest BCUT2D eigenvalue weighted by Gasteiger charge is 2.25. The summed E-state index contributed by atoms with van der Waals surface area (Å²) in [6.45, 7) is 0. The van der Waals surface area contributed by atoms with Gasteiger partial charge in [-0.3, -0.25) is 4.57 Å². The maximum atomic E-state index is 6.62. The highest BCUT2D eigenvalue weighted by molar-refractivity contribution is 7.27. The zero-order chi connectivity index (χ0) is 34.6. The zero-order valence-corrected chi connectivity index (χ0v) is 29.1. The van der Waals surface area contributed by atoms with Gasteiger partial charge in [0, 0.05) is 52.7 Å². The van der Waals surface area contributed by atoms with Crippen molar-refractivity contribution in [3.05, 3.63) is 164 Å². The Kier molecular flexibility index (Phi) is 5.90. The van der Waals surface area contributed by atoms with Crippen LogP contribution >= 0.6 is 11.3 Å². The van der Waals surface area contributed by atoms with E-state index in [0.717, 1.165) is 44.0 Å². The Hall–Kier alpha value is -6.82. The maximum Gasteiger partial charge on any atom is 0.238 e. The Morgan fingerprint density at radius 1 is 0.453 bits per heavy atom. The van der Waals surface area contributed by atoms with E-state index in [9.17, 15) is 0 Å². The summed E-state index contributed by atoms with van der Waals surface area (Å²) in [5.74, 6) is 0.581. The Morgan fingerprint density at radius 3 is 1.91 bits per heavy atom. The van der Waals surface area contributed by atoms with Gasteiger partial charge in [0.2, 0.25) is 11.7 Å². The Labute approximate surface area is 306 Å². The summed E-state index contributed by atoms with van der Waals surface area (Å²) < 4.78 is 11.5. The molecule has 4 aromatic heterocycles. The standard InChI is InChI=1S/C48H27N3OS/c1-2-14-28(15-3-1)29-26-27-32(31-17-5-4-16-30(29)31)44-43-36-21-9-12-24-39(36)52-47(43)50-48(49-44)51-38-23-11-8-20-35(38)41-42-37-22-10-13-25-40(37)53-46(42)34-19-7-6-18-33(34)45(41)51/h1-27H. The van der Waals surface area contributed by atoms with Crippen molar-refractivity contribution in [1.82, 2.24) is 14.5 Å². The summed E-state index contributed by atoms with van der Waals surface area (Å²) in [7, 11) is 0. The average Bonchev–Trinajstić information content (AvgIpc) is 3.90. The smallest absolute Gasteiger partial charge is 0.238 e. The molecule has 0 atom stereocenters. The van der Waals surface area contributed by atoms with E-state index in [4.69, 9.17) is 14.4 Å². The first kappa shape index (κ1) is 28.8. The van der Waals surface area contributed by atoms with E-state index < -0.39 is 0 Å². The zero-order valence-electron chi connectivity index (χ0n) is 28.2. The van der Waals surface area contributed by atoms with Gasteiger partial charge >= 0.3 is 0 Å². The quantitative estimate of drug-likeness (QED) is 0.185. The molecule has 0 aliphatic heterocycles. The van der Waals surface area contributed by atoms with Gasteiger partial charge in [0.25, 0.3) is 0 Å². The lowest BCUT2D eigenvalue weighted by molar-refractivity contribution is 0.651. The largest absolute Gasteiger partial charge is 0.437 e. The summed E-state index contributed by atoms with van der Waals surface area (Å²) >= 11 is 1.87. The molecule has 0 bridgehead atoms. The first-order chi connectivity index (χ1) is 26.3. The number of benzene rings is 8. The number of aromatic nitrogens is 3. The van der Waals surface area contributed by atoms with Crippen LogP contribution in [0.2, 0.25) is 0 Å². The fraction of sp³-hybridized carbons (Fsp3) is 0. The molecule has 12 rings (SSSR count). The highest BCUT2D eigenvalue weighted by atomic mass is 32.1. The topological polar surface area (TPSA) is 43.9 Å². The number of hydrogen-bond donors (Lipinski definition) is 0. The van der Waals surface area contributed by atoms with Crippen LogP contribution in [-0.4, -0.2) is 14.5 Å². The monoisotopic (exact) mass is 693 g/mol. The molecule has 12 aromatic rings. The van der Waals surface area contributed by atoms with Crippen molar-refractivity contribution >= 4 is 96.9 Å². The van der Waals surface area contributed by atoms with Crippen LogP contribution < -0.4 is 0 Å². The molecule has 0 spiro atoms. The van der Waals surface area contributed by atoms with Crippen molar-refractivity contribution in [2.75, 3.05) is 0 Å². The molecule has 0 amide bonds. The van der Waals surface area contributed by atoms with Gasteiger partial charge in [-0.15, -0.1) is 11.3 Å². The third kappa shape index (κ3) is 4.00. The van der Waals surface area contributed by atoms with Gasteiger partial charge in [-0.05, 0) is 40.1 Å². The number of para-hydroxylation sites is 2. The van der Waals surface area contributed by atoms with Gasteiger partial charge in [0.1, 0.15) is 5.58 Å². The second-order valence-electron chi connectivity index (χ2n) is 13.6. The van der Waals surface area contributed by atoms with Crippen LogP contribution in [0.3, 0.4) is 0 Å². The maximum absolute atomic E-state index is 6.62. The highest BCUT2D eigenvalue weighted by Crippen LogP contribution is 2.48. The number of rotatable bonds is 3. The second-order valence-corrected chi connectivity index (χ2v) is 14.7. The van der Waals surface area contributed by atoms with Crippen molar-refractivity contribution in [1.29, 1.82) is 0 Å². The fourth-order valence-corrected chi connectivity index (χ4v) is 9.86. The van der Waals surface area contributed by atoms with Crippen LogP contribution in [0.1, 0.15) is 0 Å². The lowest BCUT2D eigenvalue weighted by Gasteiger charge is -2.14. The number of nitrogens with zero attached hydrogens (tertiary/aromatic N) is 3. The molecule has 0 N–H and O–H groups in total. The van der Waals surface area contributed by atoms with Crippen molar-refractivity contribution in [2.24, 2.45) is 0 Å². The molecule has 0 radical (unpaired) electrons. The summed E-state index contributed by atoms with van der Waals surface area (Å²) in [5, 5.41) is 11.6. The van der Waals surface area contributed by atoms with Crippen molar-refractivity contribution in [2.45, 2.75) is 0 Å². The molecule has 246 valence electrons. The first-order valence-corrected chi connectivity index (χ1v) is 18.7. The van der Waals surface area contributed by atoms with E-state index >= 15 is 0 Å². The van der Waals surface area contributed by atoms with Gasteiger partial charge < -0.3 is 4.42 Å². The summed E-state index contributed by atoms with van der Waals surface area (Å²) in [4.78, 5) is 10.9. The molecule has 0 aliphatic rings. The van der Waals surface area contributed by atoms with Crippen LogP contribution in [0.5, 0.6) is 0 Å². The minimum Gasteiger partial charge on any atom is -0.437 e. The third-order valence-corrected chi connectivity index (χ3v) is 12.0. The molecular weight excluding hydrogens is 667 g/mol. The molecule has 53 heavy (non-hydrogen) atoms. The third-order valence-electron chi connectivity index (χ3n) is 10.8. The molecule has 0 fully saturated rings. The number of fused-ring (bicyclic) bond motifs is 14. The van der Waals surface area contributed by atoms with Crippen molar-refractivity contribution in [3.8, 4) is 28.3 Å². The lowest BCUT2D eigenvalue weighted by Crippen LogP contribution is -2.03. The minimum absolute atomic E-state index is 0.569. The molecule has 0 aliphatic carbocycles. The molecule has 8 aromatic carbocycles. The number of furan rings is 1. The van der Waals surface area contributed by atoms with Crippen LogP contribution in [-0.2, 0) is 0 Å². The number of hydrogen-bond acceptors (Lipinski definition) is 4. The van der Waals surface area contributed by atoms with E-state index in [2.05, 4.69) is 156 Å². The van der Waals surface area contributed by atoms with Gasteiger partial charge in [0.05, 0.1) is 22.1 Å². The normalized spacial score (nSPS) is 12.2. The van der Waals surface area contributed by atoms with E-state index in [1.54, 1.807) is 0 Å². The Morgan fingerprint density at radius 2 is 1.08 bits per heavy atom. The summed E-state index contributed by atoms with van der Waals surface area (Å²) in [5.41, 5.74) is 7.78. The summed E-state index contributed by atoms with van der Waals surface area (Å²) in [6.07, 6.45) is 0. The van der Waals surface area contributed by atoms with Crippen LogP contribution in [0, 0.1) is 0 Å². The van der Waals surface area contributed by atoms with E-state index in [1.807, 2.05) is 23.5 Å². The first-order valence-electron chi connectivity index (χ1n) is 17.8. The Balaban J connectivity index is 1.26. The molecule has 4 heterocycles. The van der Waals surface area contributed by atoms with Gasteiger partial charge in [0.15, 0.2) is 0 Å².